The minimum absolute atomic E-state index is 0.0521. The number of nitrogens with one attached hydrogen (secondary N) is 1. The zero-order valence-electron chi connectivity index (χ0n) is 14.5. The largest absolute Gasteiger partial charge is 0.476 e. The second kappa shape index (κ2) is 8.44. The van der Waals surface area contributed by atoms with Crippen molar-refractivity contribution in [3.05, 3.63) is 27.9 Å². The Morgan fingerprint density at radius 3 is 2.67 bits per heavy atom. The number of alkyl carbamates (subject to hydrolysis) is 1. The van der Waals surface area contributed by atoms with E-state index in [4.69, 9.17) is 14.2 Å². The van der Waals surface area contributed by atoms with Crippen molar-refractivity contribution in [2.75, 3.05) is 13.7 Å². The average Bonchev–Trinajstić information content (AvgIpc) is 2.44. The number of nitro groups is 1. The molecule has 0 aliphatic rings. The van der Waals surface area contributed by atoms with Gasteiger partial charge in [-0.05, 0) is 27.7 Å². The fourth-order valence-electron chi connectivity index (χ4n) is 1.75. The number of pyridine rings is 1. The highest BCUT2D eigenvalue weighted by Gasteiger charge is 2.19. The maximum absolute atomic E-state index is 11.6. The molecule has 0 fully saturated rings. The Kier molecular flexibility index (Phi) is 6.90. The quantitative estimate of drug-likeness (QED) is 0.598. The van der Waals surface area contributed by atoms with E-state index in [0.717, 1.165) is 0 Å². The Hall–Kier alpha value is -2.42. The smallest absolute Gasteiger partial charge is 0.407 e. The summed E-state index contributed by atoms with van der Waals surface area (Å²) in [5, 5.41) is 13.6. The molecule has 1 aromatic rings. The van der Waals surface area contributed by atoms with Gasteiger partial charge in [-0.15, -0.1) is 0 Å². The van der Waals surface area contributed by atoms with Gasteiger partial charge >= 0.3 is 11.8 Å². The Labute approximate surface area is 140 Å². The summed E-state index contributed by atoms with van der Waals surface area (Å²) in [6.45, 7) is 7.43. The van der Waals surface area contributed by atoms with Crippen LogP contribution >= 0.6 is 0 Å². The number of hydrogen-bond acceptors (Lipinski definition) is 7. The summed E-state index contributed by atoms with van der Waals surface area (Å²) in [4.78, 5) is 25.8. The van der Waals surface area contributed by atoms with Crippen molar-refractivity contribution in [1.29, 1.82) is 0 Å². The minimum Gasteiger partial charge on any atom is -0.476 e. The van der Waals surface area contributed by atoms with E-state index in [2.05, 4.69) is 10.3 Å². The van der Waals surface area contributed by atoms with Gasteiger partial charge in [0.05, 0.1) is 31.3 Å². The summed E-state index contributed by atoms with van der Waals surface area (Å²) in [5.74, 6) is -0.0521. The number of hydrogen-bond donors (Lipinski definition) is 1. The summed E-state index contributed by atoms with van der Waals surface area (Å²) < 4.78 is 15.4. The lowest BCUT2D eigenvalue weighted by atomic mass is 10.2. The lowest BCUT2D eigenvalue weighted by molar-refractivity contribution is -0.386. The van der Waals surface area contributed by atoms with E-state index in [1.807, 2.05) is 0 Å². The third-order valence-corrected chi connectivity index (χ3v) is 2.68. The summed E-state index contributed by atoms with van der Waals surface area (Å²) >= 11 is 0. The third-order valence-electron chi connectivity index (χ3n) is 2.68. The van der Waals surface area contributed by atoms with E-state index in [9.17, 15) is 14.9 Å². The van der Waals surface area contributed by atoms with Crippen LogP contribution in [-0.2, 0) is 16.1 Å². The molecular formula is C15H23N3O6. The summed E-state index contributed by atoms with van der Waals surface area (Å²) in [6.07, 6.45) is 0.915. The van der Waals surface area contributed by atoms with Crippen LogP contribution in [0.4, 0.5) is 10.5 Å². The maximum atomic E-state index is 11.6. The van der Waals surface area contributed by atoms with Crippen LogP contribution in [0.2, 0.25) is 0 Å². The SMILES string of the molecule is COc1ncc(COC[C@@H](C)NC(=O)OC(C)(C)C)cc1[N+](=O)[O-]. The van der Waals surface area contributed by atoms with E-state index < -0.39 is 16.6 Å². The Morgan fingerprint density at radius 1 is 1.46 bits per heavy atom. The van der Waals surface area contributed by atoms with E-state index in [0.29, 0.717) is 5.56 Å². The number of ether oxygens (including phenoxy) is 3. The van der Waals surface area contributed by atoms with Crippen molar-refractivity contribution in [1.82, 2.24) is 10.3 Å². The number of amides is 1. The predicted octanol–water partition coefficient (Wildman–Crippen LogP) is 2.43. The van der Waals surface area contributed by atoms with Gasteiger partial charge in [0, 0.05) is 17.8 Å². The molecule has 1 amide bonds. The first-order chi connectivity index (χ1) is 11.1. The van der Waals surface area contributed by atoms with Crippen LogP contribution in [0.3, 0.4) is 0 Å². The van der Waals surface area contributed by atoms with Crippen molar-refractivity contribution in [2.45, 2.75) is 45.9 Å². The molecule has 134 valence electrons. The second-order valence-electron chi connectivity index (χ2n) is 6.19. The van der Waals surface area contributed by atoms with Gasteiger partial charge in [0.1, 0.15) is 5.60 Å². The molecule has 1 aromatic heterocycles. The molecular weight excluding hydrogens is 318 g/mol. The molecule has 0 spiro atoms. The average molecular weight is 341 g/mol. The number of methoxy groups -OCH3 is 1. The third kappa shape index (κ3) is 6.78. The molecule has 0 saturated carbocycles. The van der Waals surface area contributed by atoms with Crippen LogP contribution in [0.25, 0.3) is 0 Å². The molecule has 0 saturated heterocycles. The maximum Gasteiger partial charge on any atom is 0.407 e. The van der Waals surface area contributed by atoms with Gasteiger partial charge in [0.2, 0.25) is 0 Å². The molecule has 1 rings (SSSR count). The molecule has 0 aliphatic heterocycles. The molecule has 0 bridgehead atoms. The van der Waals surface area contributed by atoms with Gasteiger partial charge < -0.3 is 19.5 Å². The number of rotatable bonds is 7. The Morgan fingerprint density at radius 2 is 2.12 bits per heavy atom. The number of carbonyl (C=O) groups is 1. The minimum atomic E-state index is -0.571. The Balaban J connectivity index is 2.48. The molecule has 24 heavy (non-hydrogen) atoms. The van der Waals surface area contributed by atoms with Crippen molar-refractivity contribution in [3.8, 4) is 5.88 Å². The first-order valence-electron chi connectivity index (χ1n) is 7.37. The summed E-state index contributed by atoms with van der Waals surface area (Å²) in [6, 6.07) is 1.07. The van der Waals surface area contributed by atoms with Gasteiger partial charge in [-0.3, -0.25) is 10.1 Å². The van der Waals surface area contributed by atoms with Crippen LogP contribution in [0.1, 0.15) is 33.3 Å². The lowest BCUT2D eigenvalue weighted by Crippen LogP contribution is -2.39. The molecule has 0 radical (unpaired) electrons. The van der Waals surface area contributed by atoms with Crippen molar-refractivity contribution >= 4 is 11.8 Å². The van der Waals surface area contributed by atoms with Crippen LogP contribution < -0.4 is 10.1 Å². The van der Waals surface area contributed by atoms with Crippen molar-refractivity contribution in [2.24, 2.45) is 0 Å². The van der Waals surface area contributed by atoms with Gasteiger partial charge in [0.25, 0.3) is 5.88 Å². The summed E-state index contributed by atoms with van der Waals surface area (Å²) in [5.41, 5.74) is -0.260. The molecule has 9 nitrogen and oxygen atoms in total. The molecule has 9 heteroatoms. The van der Waals surface area contributed by atoms with Gasteiger partial charge in [0.15, 0.2) is 0 Å². The van der Waals surface area contributed by atoms with E-state index in [-0.39, 0.29) is 30.8 Å². The zero-order valence-corrected chi connectivity index (χ0v) is 14.5. The zero-order chi connectivity index (χ0) is 18.3. The second-order valence-corrected chi connectivity index (χ2v) is 6.19. The van der Waals surface area contributed by atoms with Gasteiger partial charge in [-0.2, -0.15) is 0 Å². The van der Waals surface area contributed by atoms with Crippen LogP contribution in [0.15, 0.2) is 12.3 Å². The highest BCUT2D eigenvalue weighted by Crippen LogP contribution is 2.24. The predicted molar refractivity (Wildman–Crippen MR) is 85.9 cm³/mol. The first-order valence-corrected chi connectivity index (χ1v) is 7.37. The van der Waals surface area contributed by atoms with Crippen molar-refractivity contribution < 1.29 is 23.9 Å². The molecule has 0 unspecified atom stereocenters. The van der Waals surface area contributed by atoms with E-state index in [1.54, 1.807) is 27.7 Å². The highest BCUT2D eigenvalue weighted by atomic mass is 16.6. The number of aromatic nitrogens is 1. The number of nitrogens with zero attached hydrogens (tertiary/aromatic N) is 2. The molecule has 1 N–H and O–H groups in total. The lowest BCUT2D eigenvalue weighted by Gasteiger charge is -2.21. The first kappa shape index (κ1) is 19.6. The number of carbonyl (C=O) groups excluding carboxylic acids is 1. The van der Waals surface area contributed by atoms with E-state index in [1.165, 1.54) is 19.4 Å². The fraction of sp³-hybridized carbons (Fsp3) is 0.600. The molecule has 1 atom stereocenters. The molecule has 1 heterocycles. The standard InChI is InChI=1S/C15H23N3O6/c1-10(17-14(19)24-15(2,3)4)8-23-9-11-6-12(18(20)21)13(22-5)16-7-11/h6-7,10H,8-9H2,1-5H3,(H,17,19)/t10-/m1/s1. The topological polar surface area (TPSA) is 113 Å². The van der Waals surface area contributed by atoms with Crippen LogP contribution in [-0.4, -0.2) is 41.4 Å². The van der Waals surface area contributed by atoms with Gasteiger partial charge in [-0.1, -0.05) is 0 Å². The fourth-order valence-corrected chi connectivity index (χ4v) is 1.75. The van der Waals surface area contributed by atoms with Crippen molar-refractivity contribution in [3.63, 3.8) is 0 Å². The van der Waals surface area contributed by atoms with Crippen LogP contribution in [0.5, 0.6) is 5.88 Å². The highest BCUT2D eigenvalue weighted by molar-refractivity contribution is 5.68. The van der Waals surface area contributed by atoms with E-state index >= 15 is 0 Å². The monoisotopic (exact) mass is 341 g/mol. The molecule has 0 aromatic carbocycles. The van der Waals surface area contributed by atoms with Gasteiger partial charge in [-0.25, -0.2) is 9.78 Å². The normalized spacial score (nSPS) is 12.4. The summed E-state index contributed by atoms with van der Waals surface area (Å²) in [7, 11) is 1.32. The Bertz CT molecular complexity index is 585. The molecule has 0 aliphatic carbocycles. The van der Waals surface area contributed by atoms with Crippen LogP contribution in [0, 0.1) is 10.1 Å².